The van der Waals surface area contributed by atoms with Crippen LogP contribution in [0.4, 0.5) is 5.69 Å². The zero-order valence-electron chi connectivity index (χ0n) is 10.2. The molecule has 98 valence electrons. The number of benzene rings is 1. The predicted octanol–water partition coefficient (Wildman–Crippen LogP) is 3.60. The molecule has 2 aromatic rings. The van der Waals surface area contributed by atoms with E-state index < -0.39 is 0 Å². The van der Waals surface area contributed by atoms with Crippen LogP contribution in [0.3, 0.4) is 0 Å². The Kier molecular flexibility index (Phi) is 4.35. The standard InChI is InChI=1S/C13H11Cl2N3O/c1-2-8-4-3-5-9(6-8)16-13(19)10-7-11(14)17-18-12(10)15/h3-7H,2H2,1H3,(H,16,19). The van der Waals surface area contributed by atoms with Gasteiger partial charge in [0.2, 0.25) is 0 Å². The summed E-state index contributed by atoms with van der Waals surface area (Å²) < 4.78 is 0. The van der Waals surface area contributed by atoms with E-state index in [1.807, 2.05) is 25.1 Å². The summed E-state index contributed by atoms with van der Waals surface area (Å²) in [5.41, 5.74) is 2.03. The Bertz CT molecular complexity index is 617. The van der Waals surface area contributed by atoms with E-state index in [0.717, 1.165) is 12.0 Å². The third-order valence-electron chi connectivity index (χ3n) is 2.56. The first-order valence-corrected chi connectivity index (χ1v) is 6.44. The summed E-state index contributed by atoms with van der Waals surface area (Å²) in [4.78, 5) is 12.1. The van der Waals surface area contributed by atoms with Gasteiger partial charge in [0, 0.05) is 5.69 Å². The van der Waals surface area contributed by atoms with E-state index in [9.17, 15) is 4.79 Å². The third kappa shape index (κ3) is 3.43. The van der Waals surface area contributed by atoms with E-state index in [4.69, 9.17) is 23.2 Å². The Balaban J connectivity index is 2.23. The van der Waals surface area contributed by atoms with Crippen molar-refractivity contribution in [2.75, 3.05) is 5.32 Å². The molecule has 0 spiro atoms. The average molecular weight is 296 g/mol. The molecule has 0 bridgehead atoms. The van der Waals surface area contributed by atoms with Crippen LogP contribution >= 0.6 is 23.2 Å². The number of rotatable bonds is 3. The van der Waals surface area contributed by atoms with Gasteiger partial charge in [-0.15, -0.1) is 10.2 Å². The minimum absolute atomic E-state index is 0.0218. The van der Waals surface area contributed by atoms with Crippen molar-refractivity contribution in [1.29, 1.82) is 0 Å². The highest BCUT2D eigenvalue weighted by Crippen LogP contribution is 2.18. The van der Waals surface area contributed by atoms with Crippen LogP contribution in [0, 0.1) is 0 Å². The summed E-state index contributed by atoms with van der Waals surface area (Å²) in [6.07, 6.45) is 0.896. The maximum absolute atomic E-state index is 12.1. The van der Waals surface area contributed by atoms with Gasteiger partial charge in [-0.25, -0.2) is 0 Å². The molecule has 0 unspecified atom stereocenters. The molecule has 0 aliphatic heterocycles. The van der Waals surface area contributed by atoms with Crippen LogP contribution in [-0.2, 0) is 6.42 Å². The fourth-order valence-electron chi connectivity index (χ4n) is 1.58. The number of aryl methyl sites for hydroxylation is 1. The third-order valence-corrected chi connectivity index (χ3v) is 3.02. The van der Waals surface area contributed by atoms with Crippen LogP contribution in [0.25, 0.3) is 0 Å². The van der Waals surface area contributed by atoms with Gasteiger partial charge in [-0.05, 0) is 30.2 Å². The van der Waals surface area contributed by atoms with E-state index in [1.165, 1.54) is 6.07 Å². The Morgan fingerprint density at radius 2 is 2.05 bits per heavy atom. The highest BCUT2D eigenvalue weighted by atomic mass is 35.5. The number of carbonyl (C=O) groups excluding carboxylic acids is 1. The second kappa shape index (κ2) is 5.99. The number of halogens is 2. The van der Waals surface area contributed by atoms with Crippen molar-refractivity contribution >= 4 is 34.8 Å². The van der Waals surface area contributed by atoms with Crippen LogP contribution in [0.15, 0.2) is 30.3 Å². The molecule has 4 nitrogen and oxygen atoms in total. The summed E-state index contributed by atoms with van der Waals surface area (Å²) >= 11 is 11.5. The molecule has 0 radical (unpaired) electrons. The molecule has 1 aromatic carbocycles. The fraction of sp³-hybridized carbons (Fsp3) is 0.154. The largest absolute Gasteiger partial charge is 0.322 e. The molecule has 1 N–H and O–H groups in total. The van der Waals surface area contributed by atoms with Gasteiger partial charge >= 0.3 is 0 Å². The molecule has 1 aromatic heterocycles. The molecular weight excluding hydrogens is 285 g/mol. The molecular formula is C13H11Cl2N3O. The van der Waals surface area contributed by atoms with E-state index in [1.54, 1.807) is 6.07 Å². The van der Waals surface area contributed by atoms with Crippen molar-refractivity contribution in [2.45, 2.75) is 13.3 Å². The molecule has 0 atom stereocenters. The normalized spacial score (nSPS) is 10.3. The molecule has 2 rings (SSSR count). The Morgan fingerprint density at radius 3 is 2.79 bits per heavy atom. The van der Waals surface area contributed by atoms with Crippen LogP contribution in [-0.4, -0.2) is 16.1 Å². The monoisotopic (exact) mass is 295 g/mol. The first-order valence-electron chi connectivity index (χ1n) is 5.69. The minimum Gasteiger partial charge on any atom is -0.322 e. The number of anilines is 1. The zero-order chi connectivity index (χ0) is 13.8. The molecule has 6 heteroatoms. The van der Waals surface area contributed by atoms with E-state index >= 15 is 0 Å². The summed E-state index contributed by atoms with van der Waals surface area (Å²) in [6.45, 7) is 2.05. The molecule has 0 aliphatic rings. The molecule has 1 heterocycles. The maximum Gasteiger partial charge on any atom is 0.258 e. The summed E-state index contributed by atoms with van der Waals surface area (Å²) in [6, 6.07) is 8.97. The lowest BCUT2D eigenvalue weighted by Crippen LogP contribution is -2.13. The van der Waals surface area contributed by atoms with Crippen LogP contribution in [0.2, 0.25) is 10.3 Å². The number of aromatic nitrogens is 2. The Morgan fingerprint density at radius 1 is 1.26 bits per heavy atom. The topological polar surface area (TPSA) is 54.9 Å². The van der Waals surface area contributed by atoms with Gasteiger partial charge in [0.05, 0.1) is 5.56 Å². The minimum atomic E-state index is -0.366. The van der Waals surface area contributed by atoms with Gasteiger partial charge in [-0.1, -0.05) is 42.3 Å². The van der Waals surface area contributed by atoms with Crippen LogP contribution < -0.4 is 5.32 Å². The smallest absolute Gasteiger partial charge is 0.258 e. The quantitative estimate of drug-likeness (QED) is 0.941. The summed E-state index contributed by atoms with van der Waals surface area (Å²) in [5.74, 6) is -0.366. The van der Waals surface area contributed by atoms with Gasteiger partial charge < -0.3 is 5.32 Å². The summed E-state index contributed by atoms with van der Waals surface area (Å²) in [5, 5.41) is 10.1. The molecule has 0 aliphatic carbocycles. The lowest BCUT2D eigenvalue weighted by Gasteiger charge is -2.07. The SMILES string of the molecule is CCc1cccc(NC(=O)c2cc(Cl)nnc2Cl)c1. The Labute approximate surface area is 120 Å². The number of amides is 1. The van der Waals surface area contributed by atoms with E-state index in [0.29, 0.717) is 5.69 Å². The fourth-order valence-corrected chi connectivity index (χ4v) is 1.90. The lowest BCUT2D eigenvalue weighted by molar-refractivity contribution is 0.102. The number of hydrogen-bond acceptors (Lipinski definition) is 3. The summed E-state index contributed by atoms with van der Waals surface area (Å²) in [7, 11) is 0. The number of hydrogen-bond donors (Lipinski definition) is 1. The van der Waals surface area contributed by atoms with E-state index in [2.05, 4.69) is 15.5 Å². The first-order chi connectivity index (χ1) is 9.10. The van der Waals surface area contributed by atoms with Crippen molar-refractivity contribution < 1.29 is 4.79 Å². The predicted molar refractivity (Wildman–Crippen MR) is 75.8 cm³/mol. The molecule has 0 fully saturated rings. The maximum atomic E-state index is 12.1. The van der Waals surface area contributed by atoms with Gasteiger partial charge in [0.1, 0.15) is 0 Å². The first kappa shape index (κ1) is 13.8. The van der Waals surface area contributed by atoms with E-state index in [-0.39, 0.29) is 21.8 Å². The van der Waals surface area contributed by atoms with Gasteiger partial charge in [-0.3, -0.25) is 4.79 Å². The number of nitrogens with one attached hydrogen (secondary N) is 1. The highest BCUT2D eigenvalue weighted by molar-refractivity contribution is 6.34. The van der Waals surface area contributed by atoms with Gasteiger partial charge in [0.15, 0.2) is 10.3 Å². The van der Waals surface area contributed by atoms with Crippen molar-refractivity contribution in [3.05, 3.63) is 51.8 Å². The molecule has 0 saturated carbocycles. The Hall–Kier alpha value is -1.65. The van der Waals surface area contributed by atoms with Crippen molar-refractivity contribution in [3.63, 3.8) is 0 Å². The average Bonchev–Trinajstić information content (AvgIpc) is 2.41. The second-order valence-electron chi connectivity index (χ2n) is 3.88. The van der Waals surface area contributed by atoms with Crippen LogP contribution in [0.1, 0.15) is 22.8 Å². The molecule has 1 amide bonds. The van der Waals surface area contributed by atoms with Crippen molar-refractivity contribution in [3.8, 4) is 0 Å². The highest BCUT2D eigenvalue weighted by Gasteiger charge is 2.13. The second-order valence-corrected chi connectivity index (χ2v) is 4.62. The van der Waals surface area contributed by atoms with Crippen LogP contribution in [0.5, 0.6) is 0 Å². The molecule has 0 saturated heterocycles. The zero-order valence-corrected chi connectivity index (χ0v) is 11.7. The number of carbonyl (C=O) groups is 1. The van der Waals surface area contributed by atoms with Crippen molar-refractivity contribution in [2.24, 2.45) is 0 Å². The molecule has 19 heavy (non-hydrogen) atoms. The number of nitrogens with zero attached hydrogens (tertiary/aromatic N) is 2. The van der Waals surface area contributed by atoms with Crippen molar-refractivity contribution in [1.82, 2.24) is 10.2 Å². The lowest BCUT2D eigenvalue weighted by atomic mass is 10.1. The van der Waals surface area contributed by atoms with Gasteiger partial charge in [0.25, 0.3) is 5.91 Å². The van der Waals surface area contributed by atoms with Gasteiger partial charge in [-0.2, -0.15) is 0 Å².